The SMILES string of the molecule is O=C(NCCCCN1CCN(c2cccc(Cl)c2Cl)CC1)c1cc2ccc(Cl)cn2n1. The standard InChI is InChI=1S/C22H24Cl3N5O/c23-16-6-7-17-14-19(27-30(17)15-16)22(31)26-8-1-2-9-28-10-12-29(13-11-28)20-5-3-4-18(24)21(20)25/h3-7,14-15H,1-2,8-13H2,(H,26,31). The molecule has 6 nitrogen and oxygen atoms in total. The topological polar surface area (TPSA) is 52.9 Å². The first kappa shape index (κ1) is 22.2. The predicted octanol–water partition coefficient (Wildman–Crippen LogP) is 4.63. The largest absolute Gasteiger partial charge is 0.368 e. The molecule has 0 saturated carbocycles. The molecule has 1 fully saturated rings. The summed E-state index contributed by atoms with van der Waals surface area (Å²) in [6.45, 7) is 5.47. The van der Waals surface area contributed by atoms with E-state index in [1.807, 2.05) is 24.3 Å². The summed E-state index contributed by atoms with van der Waals surface area (Å²) in [5.74, 6) is -0.160. The lowest BCUT2D eigenvalue weighted by Crippen LogP contribution is -2.46. The van der Waals surface area contributed by atoms with Crippen molar-refractivity contribution < 1.29 is 4.79 Å². The number of carbonyl (C=O) groups is 1. The fraction of sp³-hybridized carbons (Fsp3) is 0.364. The zero-order valence-corrected chi connectivity index (χ0v) is 19.3. The molecular weight excluding hydrogens is 457 g/mol. The number of carbonyl (C=O) groups excluding carboxylic acids is 1. The third-order valence-electron chi connectivity index (χ3n) is 5.49. The number of hydrogen-bond acceptors (Lipinski definition) is 4. The minimum atomic E-state index is -0.160. The Hall–Kier alpha value is -1.99. The Morgan fingerprint density at radius 3 is 2.65 bits per heavy atom. The first-order valence-corrected chi connectivity index (χ1v) is 11.5. The number of benzene rings is 1. The highest BCUT2D eigenvalue weighted by molar-refractivity contribution is 6.43. The number of piperazine rings is 1. The first-order valence-electron chi connectivity index (χ1n) is 10.4. The number of hydrogen-bond donors (Lipinski definition) is 1. The van der Waals surface area contributed by atoms with Crippen LogP contribution in [0.2, 0.25) is 15.1 Å². The Labute approximate surface area is 196 Å². The smallest absolute Gasteiger partial charge is 0.271 e. The lowest BCUT2D eigenvalue weighted by molar-refractivity contribution is 0.0947. The maximum Gasteiger partial charge on any atom is 0.271 e. The summed E-state index contributed by atoms with van der Waals surface area (Å²) in [5, 5.41) is 9.03. The molecule has 3 aromatic rings. The Bertz CT molecular complexity index is 1060. The second kappa shape index (κ2) is 10.1. The van der Waals surface area contributed by atoms with Crippen molar-refractivity contribution in [2.24, 2.45) is 0 Å². The molecule has 3 heterocycles. The number of unbranched alkanes of at least 4 members (excludes halogenated alkanes) is 1. The molecule has 0 aliphatic carbocycles. The minimum Gasteiger partial charge on any atom is -0.368 e. The number of amides is 1. The van der Waals surface area contributed by atoms with E-state index in [1.54, 1.807) is 22.8 Å². The van der Waals surface area contributed by atoms with Gasteiger partial charge in [0.15, 0.2) is 5.69 Å². The van der Waals surface area contributed by atoms with E-state index >= 15 is 0 Å². The Balaban J connectivity index is 1.16. The van der Waals surface area contributed by atoms with E-state index < -0.39 is 0 Å². The van der Waals surface area contributed by atoms with E-state index in [2.05, 4.69) is 20.2 Å². The van der Waals surface area contributed by atoms with Crippen LogP contribution in [0.4, 0.5) is 5.69 Å². The fourth-order valence-electron chi connectivity index (χ4n) is 3.77. The van der Waals surface area contributed by atoms with Gasteiger partial charge in [0.1, 0.15) is 0 Å². The average molecular weight is 481 g/mol. The van der Waals surface area contributed by atoms with Gasteiger partial charge in [-0.2, -0.15) is 5.10 Å². The zero-order chi connectivity index (χ0) is 21.8. The van der Waals surface area contributed by atoms with Gasteiger partial charge in [0, 0.05) is 38.9 Å². The van der Waals surface area contributed by atoms with Crippen LogP contribution < -0.4 is 10.2 Å². The number of fused-ring (bicyclic) bond motifs is 1. The monoisotopic (exact) mass is 479 g/mol. The van der Waals surface area contributed by atoms with Gasteiger partial charge in [-0.3, -0.25) is 9.69 Å². The number of rotatable bonds is 7. The third kappa shape index (κ3) is 5.44. The van der Waals surface area contributed by atoms with E-state index in [4.69, 9.17) is 34.8 Å². The first-order chi connectivity index (χ1) is 15.0. The summed E-state index contributed by atoms with van der Waals surface area (Å²) in [5.41, 5.74) is 2.25. The molecule has 0 atom stereocenters. The second-order valence-electron chi connectivity index (χ2n) is 7.61. The molecule has 1 aliphatic rings. The summed E-state index contributed by atoms with van der Waals surface area (Å²) in [6, 6.07) is 11.1. The van der Waals surface area contributed by atoms with E-state index in [0.717, 1.165) is 56.8 Å². The molecule has 9 heteroatoms. The van der Waals surface area contributed by atoms with Crippen LogP contribution in [0, 0.1) is 0 Å². The summed E-state index contributed by atoms with van der Waals surface area (Å²) in [6.07, 6.45) is 3.64. The average Bonchev–Trinajstić information content (AvgIpc) is 3.19. The number of anilines is 1. The van der Waals surface area contributed by atoms with Crippen molar-refractivity contribution in [1.29, 1.82) is 0 Å². The van der Waals surface area contributed by atoms with Gasteiger partial charge < -0.3 is 10.2 Å². The van der Waals surface area contributed by atoms with Crippen molar-refractivity contribution in [3.05, 3.63) is 63.4 Å². The van der Waals surface area contributed by atoms with Gasteiger partial charge >= 0.3 is 0 Å². The van der Waals surface area contributed by atoms with Gasteiger partial charge in [0.2, 0.25) is 0 Å². The van der Waals surface area contributed by atoms with E-state index in [1.165, 1.54) is 0 Å². The molecule has 0 spiro atoms. The van der Waals surface area contributed by atoms with E-state index in [-0.39, 0.29) is 5.91 Å². The van der Waals surface area contributed by atoms with Crippen LogP contribution in [-0.2, 0) is 0 Å². The lowest BCUT2D eigenvalue weighted by atomic mass is 10.2. The summed E-state index contributed by atoms with van der Waals surface area (Å²) in [4.78, 5) is 17.1. The van der Waals surface area contributed by atoms with Crippen molar-refractivity contribution in [2.75, 3.05) is 44.2 Å². The molecule has 4 rings (SSSR count). The van der Waals surface area contributed by atoms with Crippen LogP contribution in [0.1, 0.15) is 23.3 Å². The molecule has 1 amide bonds. The molecule has 1 aromatic carbocycles. The van der Waals surface area contributed by atoms with Crippen LogP contribution in [-0.4, -0.2) is 59.7 Å². The summed E-state index contributed by atoms with van der Waals surface area (Å²) >= 11 is 18.4. The van der Waals surface area contributed by atoms with Crippen LogP contribution >= 0.6 is 34.8 Å². The van der Waals surface area contributed by atoms with Crippen molar-refractivity contribution in [3.8, 4) is 0 Å². The molecule has 0 radical (unpaired) electrons. The van der Waals surface area contributed by atoms with Crippen molar-refractivity contribution in [3.63, 3.8) is 0 Å². The maximum atomic E-state index is 12.3. The molecule has 31 heavy (non-hydrogen) atoms. The zero-order valence-electron chi connectivity index (χ0n) is 17.0. The summed E-state index contributed by atoms with van der Waals surface area (Å²) in [7, 11) is 0. The van der Waals surface area contributed by atoms with Crippen molar-refractivity contribution >= 4 is 51.9 Å². The molecule has 1 N–H and O–H groups in total. The molecule has 0 unspecified atom stereocenters. The van der Waals surface area contributed by atoms with Crippen LogP contribution in [0.25, 0.3) is 5.52 Å². The van der Waals surface area contributed by atoms with Crippen molar-refractivity contribution in [1.82, 2.24) is 19.8 Å². The Kier molecular flexibility index (Phi) is 7.23. The molecule has 1 saturated heterocycles. The predicted molar refractivity (Wildman–Crippen MR) is 127 cm³/mol. The van der Waals surface area contributed by atoms with Crippen LogP contribution in [0.5, 0.6) is 0 Å². The Morgan fingerprint density at radius 1 is 1.03 bits per heavy atom. The van der Waals surface area contributed by atoms with E-state index in [0.29, 0.717) is 27.3 Å². The summed E-state index contributed by atoms with van der Waals surface area (Å²) < 4.78 is 1.62. The molecule has 2 aromatic heterocycles. The third-order valence-corrected chi connectivity index (χ3v) is 6.52. The second-order valence-corrected chi connectivity index (χ2v) is 8.83. The minimum absolute atomic E-state index is 0.160. The van der Waals surface area contributed by atoms with E-state index in [9.17, 15) is 4.79 Å². The molecular formula is C22H24Cl3N5O. The van der Waals surface area contributed by atoms with Crippen LogP contribution in [0.15, 0.2) is 42.6 Å². The highest BCUT2D eigenvalue weighted by atomic mass is 35.5. The Morgan fingerprint density at radius 2 is 1.84 bits per heavy atom. The molecule has 0 bridgehead atoms. The fourth-order valence-corrected chi connectivity index (χ4v) is 4.34. The normalized spacial score (nSPS) is 14.9. The number of halogens is 3. The van der Waals surface area contributed by atoms with Gasteiger partial charge in [-0.25, -0.2) is 4.52 Å². The quantitative estimate of drug-likeness (QED) is 0.501. The lowest BCUT2D eigenvalue weighted by Gasteiger charge is -2.36. The molecule has 164 valence electrons. The van der Waals surface area contributed by atoms with Gasteiger partial charge in [0.25, 0.3) is 5.91 Å². The van der Waals surface area contributed by atoms with Gasteiger partial charge in [-0.05, 0) is 49.7 Å². The number of nitrogens with zero attached hydrogens (tertiary/aromatic N) is 4. The molecule has 1 aliphatic heterocycles. The van der Waals surface area contributed by atoms with Crippen LogP contribution in [0.3, 0.4) is 0 Å². The number of nitrogens with one attached hydrogen (secondary N) is 1. The number of aromatic nitrogens is 2. The van der Waals surface area contributed by atoms with Gasteiger partial charge in [-0.15, -0.1) is 0 Å². The van der Waals surface area contributed by atoms with Gasteiger partial charge in [0.05, 0.1) is 26.3 Å². The highest BCUT2D eigenvalue weighted by Crippen LogP contribution is 2.32. The van der Waals surface area contributed by atoms with Crippen molar-refractivity contribution in [2.45, 2.75) is 12.8 Å². The van der Waals surface area contributed by atoms with Gasteiger partial charge in [-0.1, -0.05) is 40.9 Å². The maximum absolute atomic E-state index is 12.3. The number of pyridine rings is 1. The highest BCUT2D eigenvalue weighted by Gasteiger charge is 2.19.